The minimum Gasteiger partial charge on any atom is -0.458 e. The van der Waals surface area contributed by atoms with Crippen LogP contribution in [0.5, 0.6) is 0 Å². The van der Waals surface area contributed by atoms with Gasteiger partial charge in [-0.1, -0.05) is 30.0 Å². The normalized spacial score (nSPS) is 27.1. The van der Waals surface area contributed by atoms with Crippen LogP contribution in [0.4, 0.5) is 0 Å². The first-order valence-electron chi connectivity index (χ1n) is 5.70. The van der Waals surface area contributed by atoms with Crippen LogP contribution in [0.3, 0.4) is 0 Å². The minimum absolute atomic E-state index is 0.00503. The zero-order valence-electron chi connectivity index (χ0n) is 10.4. The van der Waals surface area contributed by atoms with Gasteiger partial charge in [0.2, 0.25) is 0 Å². The van der Waals surface area contributed by atoms with E-state index in [0.717, 1.165) is 0 Å². The molecule has 0 radical (unpaired) electrons. The highest BCUT2D eigenvalue weighted by Gasteiger charge is 2.38. The Morgan fingerprint density at radius 3 is 2.83 bits per heavy atom. The van der Waals surface area contributed by atoms with Crippen molar-refractivity contribution in [1.29, 1.82) is 0 Å². The zero-order chi connectivity index (χ0) is 13.0. The average molecular weight is 268 g/mol. The summed E-state index contributed by atoms with van der Waals surface area (Å²) >= 11 is 1.53. The lowest BCUT2D eigenvalue weighted by Gasteiger charge is -2.21. The molecule has 1 aliphatic heterocycles. The van der Waals surface area contributed by atoms with Crippen molar-refractivity contribution < 1.29 is 19.0 Å². The highest BCUT2D eigenvalue weighted by Crippen LogP contribution is 2.38. The van der Waals surface area contributed by atoms with Crippen molar-refractivity contribution in [2.75, 3.05) is 20.3 Å². The molecule has 1 saturated heterocycles. The fraction of sp³-hybridized carbons (Fsp3) is 0.462. The Morgan fingerprint density at radius 2 is 2.22 bits per heavy atom. The summed E-state index contributed by atoms with van der Waals surface area (Å²) in [7, 11) is 1.64. The molecule has 1 aromatic carbocycles. The lowest BCUT2D eigenvalue weighted by molar-refractivity contribution is -0.0200. The van der Waals surface area contributed by atoms with Crippen molar-refractivity contribution in [3.8, 4) is 0 Å². The highest BCUT2D eigenvalue weighted by atomic mass is 32.2. The van der Waals surface area contributed by atoms with Crippen molar-refractivity contribution in [1.82, 2.24) is 0 Å². The zero-order valence-corrected chi connectivity index (χ0v) is 11.2. The van der Waals surface area contributed by atoms with E-state index in [1.165, 1.54) is 11.8 Å². The maximum Gasteiger partial charge on any atom is 0.338 e. The molecule has 2 atom stereocenters. The van der Waals surface area contributed by atoms with Gasteiger partial charge >= 0.3 is 5.97 Å². The van der Waals surface area contributed by atoms with Gasteiger partial charge in [0.15, 0.2) is 0 Å². The monoisotopic (exact) mass is 268 g/mol. The van der Waals surface area contributed by atoms with Crippen molar-refractivity contribution in [2.45, 2.75) is 17.3 Å². The molecular formula is C13H16O4S. The van der Waals surface area contributed by atoms with E-state index in [1.54, 1.807) is 31.4 Å². The van der Waals surface area contributed by atoms with E-state index in [1.807, 2.05) is 13.0 Å². The van der Waals surface area contributed by atoms with Gasteiger partial charge in [0.25, 0.3) is 0 Å². The Hall–Kier alpha value is -1.04. The maximum atomic E-state index is 11.8. The van der Waals surface area contributed by atoms with Crippen molar-refractivity contribution in [3.63, 3.8) is 0 Å². The van der Waals surface area contributed by atoms with Crippen LogP contribution in [-0.2, 0) is 14.2 Å². The lowest BCUT2D eigenvalue weighted by Crippen LogP contribution is -2.28. The summed E-state index contributed by atoms with van der Waals surface area (Å²) in [6.07, 6.45) is 0. The minimum atomic E-state index is -0.523. The van der Waals surface area contributed by atoms with Gasteiger partial charge in [0.05, 0.1) is 12.2 Å². The molecule has 18 heavy (non-hydrogen) atoms. The van der Waals surface area contributed by atoms with Gasteiger partial charge in [-0.25, -0.2) is 4.79 Å². The van der Waals surface area contributed by atoms with E-state index in [0.29, 0.717) is 12.2 Å². The predicted octanol–water partition coefficient (Wildman–Crippen LogP) is 2.30. The van der Waals surface area contributed by atoms with Gasteiger partial charge in [-0.2, -0.15) is 0 Å². The molecule has 5 heteroatoms. The van der Waals surface area contributed by atoms with Crippen molar-refractivity contribution >= 4 is 17.7 Å². The van der Waals surface area contributed by atoms with Crippen molar-refractivity contribution in [2.24, 2.45) is 0 Å². The standard InChI is InChI=1S/C13H16O4S/c1-13(17-8-11(15-2)18-13)9-16-12(14)10-6-4-3-5-7-10/h3-7,11H,8-9H2,1-2H3. The summed E-state index contributed by atoms with van der Waals surface area (Å²) in [5.41, 5.74) is 0.554. The SMILES string of the molecule is COC1COC(C)(COC(=O)c2ccccc2)S1. The fourth-order valence-electron chi connectivity index (χ4n) is 1.64. The molecule has 2 rings (SSSR count). The molecule has 1 aromatic rings. The topological polar surface area (TPSA) is 44.8 Å². The summed E-state index contributed by atoms with van der Waals surface area (Å²) in [5.74, 6) is -0.332. The number of hydrogen-bond donors (Lipinski definition) is 0. The Balaban J connectivity index is 1.87. The number of methoxy groups -OCH3 is 1. The van der Waals surface area contributed by atoms with Gasteiger partial charge < -0.3 is 14.2 Å². The Labute approximate surface area is 111 Å². The molecule has 0 spiro atoms. The van der Waals surface area contributed by atoms with Crippen LogP contribution in [0.2, 0.25) is 0 Å². The number of benzene rings is 1. The fourth-order valence-corrected chi connectivity index (χ4v) is 2.69. The summed E-state index contributed by atoms with van der Waals surface area (Å²) in [6, 6.07) is 8.92. The number of carbonyl (C=O) groups excluding carboxylic acids is 1. The van der Waals surface area contributed by atoms with Gasteiger partial charge in [-0.3, -0.25) is 0 Å². The molecule has 0 N–H and O–H groups in total. The molecule has 1 heterocycles. The molecule has 4 nitrogen and oxygen atoms in total. The molecule has 0 aliphatic carbocycles. The van der Waals surface area contributed by atoms with Crippen molar-refractivity contribution in [3.05, 3.63) is 35.9 Å². The third-order valence-corrected chi connectivity index (χ3v) is 3.97. The summed E-state index contributed by atoms with van der Waals surface area (Å²) in [6.45, 7) is 2.63. The summed E-state index contributed by atoms with van der Waals surface area (Å²) < 4.78 is 16.1. The van der Waals surface area contributed by atoms with E-state index >= 15 is 0 Å². The van der Waals surface area contributed by atoms with Crippen LogP contribution >= 0.6 is 11.8 Å². The molecule has 0 aromatic heterocycles. The summed E-state index contributed by atoms with van der Waals surface area (Å²) in [5, 5.41) is 0. The van der Waals surface area contributed by atoms with Gasteiger partial charge in [0.1, 0.15) is 17.0 Å². The first kappa shape index (κ1) is 13.4. The molecular weight excluding hydrogens is 252 g/mol. The van der Waals surface area contributed by atoms with Crippen LogP contribution in [0.1, 0.15) is 17.3 Å². The number of esters is 1. The first-order valence-corrected chi connectivity index (χ1v) is 6.58. The number of ether oxygens (including phenoxy) is 3. The summed E-state index contributed by atoms with van der Waals surface area (Å²) in [4.78, 5) is 11.3. The molecule has 2 unspecified atom stereocenters. The number of rotatable bonds is 4. The number of thioether (sulfide) groups is 1. The molecule has 1 fully saturated rings. The molecule has 0 saturated carbocycles. The number of carbonyl (C=O) groups is 1. The largest absolute Gasteiger partial charge is 0.458 e. The van der Waals surface area contributed by atoms with Gasteiger partial charge in [-0.05, 0) is 19.1 Å². The Bertz CT molecular complexity index is 409. The van der Waals surface area contributed by atoms with E-state index < -0.39 is 4.93 Å². The number of hydrogen-bond acceptors (Lipinski definition) is 5. The molecule has 0 bridgehead atoms. The van der Waals surface area contributed by atoms with E-state index in [-0.39, 0.29) is 18.0 Å². The van der Waals surface area contributed by atoms with Gasteiger partial charge in [-0.15, -0.1) is 0 Å². The smallest absolute Gasteiger partial charge is 0.338 e. The Kier molecular flexibility index (Phi) is 4.27. The predicted molar refractivity (Wildman–Crippen MR) is 69.5 cm³/mol. The lowest BCUT2D eigenvalue weighted by atomic mass is 10.2. The highest BCUT2D eigenvalue weighted by molar-refractivity contribution is 8.01. The van der Waals surface area contributed by atoms with Crippen LogP contribution < -0.4 is 0 Å². The van der Waals surface area contributed by atoms with E-state index in [2.05, 4.69) is 0 Å². The van der Waals surface area contributed by atoms with Gasteiger partial charge in [0, 0.05) is 7.11 Å². The quantitative estimate of drug-likeness (QED) is 0.784. The molecule has 0 amide bonds. The Morgan fingerprint density at radius 1 is 1.50 bits per heavy atom. The van der Waals surface area contributed by atoms with Crippen LogP contribution in [0, 0.1) is 0 Å². The second kappa shape index (κ2) is 5.73. The maximum absolute atomic E-state index is 11.8. The van der Waals surface area contributed by atoms with Crippen LogP contribution in [-0.4, -0.2) is 36.7 Å². The first-order chi connectivity index (χ1) is 8.63. The molecule has 1 aliphatic rings. The van der Waals surface area contributed by atoms with Crippen LogP contribution in [0.15, 0.2) is 30.3 Å². The second-order valence-electron chi connectivity index (χ2n) is 4.17. The third kappa shape index (κ3) is 3.25. The van der Waals surface area contributed by atoms with Crippen LogP contribution in [0.25, 0.3) is 0 Å². The molecule has 98 valence electrons. The van der Waals surface area contributed by atoms with E-state index in [4.69, 9.17) is 14.2 Å². The van der Waals surface area contributed by atoms with E-state index in [9.17, 15) is 4.79 Å². The third-order valence-electron chi connectivity index (χ3n) is 2.64. The second-order valence-corrected chi connectivity index (χ2v) is 5.80. The average Bonchev–Trinajstić information content (AvgIpc) is 2.79.